The second kappa shape index (κ2) is 4.61. The Morgan fingerprint density at radius 2 is 2.16 bits per heavy atom. The highest BCUT2D eigenvalue weighted by Crippen LogP contribution is 2.21. The molecule has 0 unspecified atom stereocenters. The molecule has 2 rings (SSSR count). The summed E-state index contributed by atoms with van der Waals surface area (Å²) in [6.07, 6.45) is 1.08. The van der Waals surface area contributed by atoms with Crippen LogP contribution in [0.3, 0.4) is 0 Å². The van der Waals surface area contributed by atoms with Crippen LogP contribution in [0.2, 0.25) is 0 Å². The summed E-state index contributed by atoms with van der Waals surface area (Å²) < 4.78 is 38.9. The molecule has 0 aliphatic carbocycles. The van der Waals surface area contributed by atoms with Crippen LogP contribution in [0.4, 0.5) is 16.0 Å². The summed E-state index contributed by atoms with van der Waals surface area (Å²) in [5, 5.41) is 16.1. The topological polar surface area (TPSA) is 131 Å². The van der Waals surface area contributed by atoms with Crippen LogP contribution in [-0.4, -0.2) is 28.5 Å². The Morgan fingerprint density at radius 3 is 2.68 bits per heavy atom. The van der Waals surface area contributed by atoms with Gasteiger partial charge >= 0.3 is 5.69 Å². The first-order valence-corrected chi connectivity index (χ1v) is 6.20. The first-order chi connectivity index (χ1) is 8.90. The van der Waals surface area contributed by atoms with Gasteiger partial charge in [-0.25, -0.2) is 18.2 Å². The van der Waals surface area contributed by atoms with Crippen LogP contribution >= 0.6 is 0 Å². The third-order valence-corrected chi connectivity index (χ3v) is 3.41. The fraction of sp³-hybridized carbons (Fsp3) is 0. The molecule has 0 atom stereocenters. The van der Waals surface area contributed by atoms with E-state index in [-0.39, 0.29) is 5.95 Å². The number of aromatic amines is 1. The van der Waals surface area contributed by atoms with Gasteiger partial charge in [0.2, 0.25) is 11.8 Å². The number of halogens is 1. The van der Waals surface area contributed by atoms with E-state index in [2.05, 4.69) is 15.2 Å². The minimum Gasteiger partial charge on any atom is -0.258 e. The van der Waals surface area contributed by atoms with Crippen molar-refractivity contribution >= 4 is 21.7 Å². The molecule has 0 saturated heterocycles. The van der Waals surface area contributed by atoms with E-state index in [0.717, 1.165) is 18.5 Å². The van der Waals surface area contributed by atoms with Crippen molar-refractivity contribution in [3.63, 3.8) is 0 Å². The van der Waals surface area contributed by atoms with Crippen LogP contribution < -0.4 is 4.72 Å². The molecule has 0 fully saturated rings. The monoisotopic (exact) mass is 287 g/mol. The summed E-state index contributed by atoms with van der Waals surface area (Å²) >= 11 is 0. The van der Waals surface area contributed by atoms with Crippen LogP contribution in [0.15, 0.2) is 29.4 Å². The van der Waals surface area contributed by atoms with E-state index >= 15 is 0 Å². The van der Waals surface area contributed by atoms with Crippen LogP contribution in [0.25, 0.3) is 0 Å². The molecule has 9 nitrogen and oxygen atoms in total. The number of hydrogen-bond acceptors (Lipinski definition) is 6. The standard InChI is InChI=1S/C8H6FN5O4S/c9-6-3-5(1-2-7(6)14(15)16)19(17,18)13-8-10-4-11-12-8/h1-4H,(H2,10,11,12,13). The molecule has 19 heavy (non-hydrogen) atoms. The molecule has 2 aromatic rings. The number of H-pyrrole nitrogens is 1. The molecular weight excluding hydrogens is 281 g/mol. The van der Waals surface area contributed by atoms with Gasteiger partial charge in [0.05, 0.1) is 9.82 Å². The lowest BCUT2D eigenvalue weighted by atomic mass is 10.3. The fourth-order valence-electron chi connectivity index (χ4n) is 1.24. The maximum atomic E-state index is 13.3. The van der Waals surface area contributed by atoms with Crippen LogP contribution in [0.1, 0.15) is 0 Å². The Morgan fingerprint density at radius 1 is 1.42 bits per heavy atom. The van der Waals surface area contributed by atoms with E-state index in [1.165, 1.54) is 0 Å². The van der Waals surface area contributed by atoms with Crippen molar-refractivity contribution in [3.05, 3.63) is 40.5 Å². The molecular formula is C8H6FN5O4S. The molecule has 0 spiro atoms. The highest BCUT2D eigenvalue weighted by atomic mass is 32.2. The largest absolute Gasteiger partial charge is 0.304 e. The zero-order valence-electron chi connectivity index (χ0n) is 9.07. The normalized spacial score (nSPS) is 11.2. The Kier molecular flexibility index (Phi) is 3.12. The van der Waals surface area contributed by atoms with E-state index in [1.807, 2.05) is 4.72 Å². The smallest absolute Gasteiger partial charge is 0.258 e. The zero-order chi connectivity index (χ0) is 14.0. The minimum absolute atomic E-state index is 0.154. The van der Waals surface area contributed by atoms with Crippen molar-refractivity contribution in [2.75, 3.05) is 4.72 Å². The molecule has 0 radical (unpaired) electrons. The Labute approximate surface area is 105 Å². The van der Waals surface area contributed by atoms with Crippen molar-refractivity contribution in [1.82, 2.24) is 15.2 Å². The number of hydrogen-bond donors (Lipinski definition) is 2. The number of sulfonamides is 1. The summed E-state index contributed by atoms with van der Waals surface area (Å²) in [6.45, 7) is 0. The van der Waals surface area contributed by atoms with E-state index in [9.17, 15) is 22.9 Å². The second-order valence-corrected chi connectivity index (χ2v) is 4.99. The lowest BCUT2D eigenvalue weighted by molar-refractivity contribution is -0.387. The molecule has 0 amide bonds. The van der Waals surface area contributed by atoms with Gasteiger partial charge in [0, 0.05) is 12.1 Å². The van der Waals surface area contributed by atoms with Crippen LogP contribution in [-0.2, 0) is 10.0 Å². The average molecular weight is 287 g/mol. The highest BCUT2D eigenvalue weighted by Gasteiger charge is 2.21. The van der Waals surface area contributed by atoms with E-state index in [0.29, 0.717) is 6.07 Å². The number of nitro groups is 1. The number of anilines is 1. The minimum atomic E-state index is -4.09. The number of aromatic nitrogens is 3. The van der Waals surface area contributed by atoms with E-state index < -0.39 is 31.3 Å². The van der Waals surface area contributed by atoms with Crippen molar-refractivity contribution in [3.8, 4) is 0 Å². The first kappa shape index (κ1) is 12.9. The van der Waals surface area contributed by atoms with Gasteiger partial charge in [-0.1, -0.05) is 0 Å². The number of nitrogens with one attached hydrogen (secondary N) is 2. The molecule has 100 valence electrons. The van der Waals surface area contributed by atoms with Gasteiger partial charge < -0.3 is 0 Å². The molecule has 0 bridgehead atoms. The molecule has 1 aromatic carbocycles. The number of nitrogens with zero attached hydrogens (tertiary/aromatic N) is 3. The van der Waals surface area contributed by atoms with E-state index in [4.69, 9.17) is 0 Å². The summed E-state index contributed by atoms with van der Waals surface area (Å²) in [5.41, 5.74) is -0.807. The van der Waals surface area contributed by atoms with Crippen molar-refractivity contribution in [2.45, 2.75) is 4.90 Å². The SMILES string of the molecule is O=[N+]([O-])c1ccc(S(=O)(=O)Nc2ncn[nH]2)cc1F. The lowest BCUT2D eigenvalue weighted by Gasteiger charge is -2.04. The Balaban J connectivity index is 2.36. The van der Waals surface area contributed by atoms with Gasteiger partial charge in [-0.15, -0.1) is 0 Å². The molecule has 0 aliphatic heterocycles. The lowest BCUT2D eigenvalue weighted by Crippen LogP contribution is -2.14. The van der Waals surface area contributed by atoms with Crippen molar-refractivity contribution < 1.29 is 17.7 Å². The maximum absolute atomic E-state index is 13.3. The first-order valence-electron chi connectivity index (χ1n) is 4.72. The molecule has 2 N–H and O–H groups in total. The summed E-state index contributed by atoms with van der Waals surface area (Å²) in [6, 6.07) is 2.24. The van der Waals surface area contributed by atoms with Gasteiger partial charge in [0.15, 0.2) is 0 Å². The van der Waals surface area contributed by atoms with Gasteiger partial charge in [0.25, 0.3) is 10.0 Å². The number of rotatable bonds is 4. The number of nitro benzene ring substituents is 1. The Hall–Kier alpha value is -2.56. The van der Waals surface area contributed by atoms with Crippen molar-refractivity contribution in [2.24, 2.45) is 0 Å². The summed E-state index contributed by atoms with van der Waals surface area (Å²) in [7, 11) is -4.09. The summed E-state index contributed by atoms with van der Waals surface area (Å²) in [5.74, 6) is -1.40. The maximum Gasteiger partial charge on any atom is 0.304 e. The summed E-state index contributed by atoms with van der Waals surface area (Å²) in [4.78, 5) is 12.5. The van der Waals surface area contributed by atoms with Gasteiger partial charge in [-0.2, -0.15) is 14.5 Å². The van der Waals surface area contributed by atoms with Gasteiger partial charge in [0.1, 0.15) is 6.33 Å². The van der Waals surface area contributed by atoms with Crippen LogP contribution in [0.5, 0.6) is 0 Å². The molecule has 0 saturated carbocycles. The second-order valence-electron chi connectivity index (χ2n) is 3.31. The molecule has 1 aromatic heterocycles. The average Bonchev–Trinajstić information content (AvgIpc) is 2.80. The number of benzene rings is 1. The predicted molar refractivity (Wildman–Crippen MR) is 60.2 cm³/mol. The quantitative estimate of drug-likeness (QED) is 0.627. The molecule has 11 heteroatoms. The third kappa shape index (κ3) is 2.65. The zero-order valence-corrected chi connectivity index (χ0v) is 9.89. The fourth-order valence-corrected chi connectivity index (χ4v) is 2.22. The predicted octanol–water partition coefficient (Wildman–Crippen LogP) is 0.653. The Bertz CT molecular complexity index is 715. The highest BCUT2D eigenvalue weighted by molar-refractivity contribution is 7.92. The molecule has 1 heterocycles. The van der Waals surface area contributed by atoms with Gasteiger partial charge in [-0.05, 0) is 6.07 Å². The van der Waals surface area contributed by atoms with Crippen LogP contribution in [0, 0.1) is 15.9 Å². The molecule has 0 aliphatic rings. The third-order valence-electron chi connectivity index (χ3n) is 2.07. The van der Waals surface area contributed by atoms with Gasteiger partial charge in [-0.3, -0.25) is 10.1 Å². The van der Waals surface area contributed by atoms with E-state index in [1.54, 1.807) is 0 Å². The van der Waals surface area contributed by atoms with Crippen molar-refractivity contribution in [1.29, 1.82) is 0 Å².